The van der Waals surface area contributed by atoms with Gasteiger partial charge in [0, 0.05) is 36.9 Å². The highest BCUT2D eigenvalue weighted by molar-refractivity contribution is 6.10. The van der Waals surface area contributed by atoms with Crippen molar-refractivity contribution < 1.29 is 32.3 Å². The summed E-state index contributed by atoms with van der Waals surface area (Å²) in [6.45, 7) is 3.71. The molecule has 1 aliphatic rings. The molecule has 0 atom stereocenters. The van der Waals surface area contributed by atoms with Crippen molar-refractivity contribution in [1.29, 1.82) is 0 Å². The van der Waals surface area contributed by atoms with Crippen molar-refractivity contribution >= 4 is 22.5 Å². The predicted molar refractivity (Wildman–Crippen MR) is 132 cm³/mol. The Hall–Kier alpha value is -3.66. The number of nitrogens with zero attached hydrogens (tertiary/aromatic N) is 2. The van der Waals surface area contributed by atoms with Crippen molar-refractivity contribution in [3.05, 3.63) is 71.4 Å². The van der Waals surface area contributed by atoms with E-state index >= 15 is 0 Å². The SMILES string of the molecule is C/C(=N\OCc1ccc(C(F)(F)F)cc1)c1ccc(OCC(=O)NCC2CCOCC2)c2ncccc12. The second-order valence-electron chi connectivity index (χ2n) is 8.80. The van der Waals surface area contributed by atoms with Crippen LogP contribution in [0.3, 0.4) is 0 Å². The van der Waals surface area contributed by atoms with Gasteiger partial charge in [-0.2, -0.15) is 13.2 Å². The normalized spacial score (nSPS) is 15.0. The lowest BCUT2D eigenvalue weighted by atomic mass is 10.0. The van der Waals surface area contributed by atoms with Gasteiger partial charge in [-0.05, 0) is 61.6 Å². The number of aromatic nitrogens is 1. The summed E-state index contributed by atoms with van der Waals surface area (Å²) in [4.78, 5) is 22.1. The van der Waals surface area contributed by atoms with E-state index in [0.29, 0.717) is 35.0 Å². The second-order valence-corrected chi connectivity index (χ2v) is 8.80. The molecule has 0 radical (unpaired) electrons. The molecule has 196 valence electrons. The summed E-state index contributed by atoms with van der Waals surface area (Å²) in [6.07, 6.45) is -0.871. The first-order chi connectivity index (χ1) is 17.8. The maximum Gasteiger partial charge on any atom is 0.416 e. The molecule has 7 nitrogen and oxygen atoms in total. The van der Waals surface area contributed by atoms with E-state index in [2.05, 4.69) is 15.5 Å². The number of oxime groups is 1. The molecular weight excluding hydrogens is 487 g/mol. The first kappa shape index (κ1) is 26.4. The Labute approximate surface area is 212 Å². The second kappa shape index (κ2) is 12.1. The van der Waals surface area contributed by atoms with Crippen molar-refractivity contribution in [1.82, 2.24) is 10.3 Å². The summed E-state index contributed by atoms with van der Waals surface area (Å²) in [6, 6.07) is 11.9. The number of carbonyl (C=O) groups excluding carboxylic acids is 1. The molecule has 3 aromatic rings. The first-order valence-corrected chi connectivity index (χ1v) is 12.0. The lowest BCUT2D eigenvalue weighted by Gasteiger charge is -2.22. The minimum atomic E-state index is -4.38. The average Bonchev–Trinajstić information content (AvgIpc) is 2.90. The molecule has 1 fully saturated rings. The van der Waals surface area contributed by atoms with E-state index in [1.54, 1.807) is 31.3 Å². The maximum atomic E-state index is 12.7. The van der Waals surface area contributed by atoms with Crippen LogP contribution in [0.5, 0.6) is 5.75 Å². The summed E-state index contributed by atoms with van der Waals surface area (Å²) in [5, 5.41) is 7.82. The van der Waals surface area contributed by atoms with Crippen LogP contribution in [-0.4, -0.2) is 43.0 Å². The van der Waals surface area contributed by atoms with Gasteiger partial charge in [0.1, 0.15) is 17.9 Å². The van der Waals surface area contributed by atoms with Gasteiger partial charge in [0.2, 0.25) is 0 Å². The third-order valence-electron chi connectivity index (χ3n) is 6.12. The van der Waals surface area contributed by atoms with Gasteiger partial charge >= 0.3 is 6.18 Å². The molecule has 4 rings (SSSR count). The fourth-order valence-corrected chi connectivity index (χ4v) is 4.02. The number of hydrogen-bond donors (Lipinski definition) is 1. The highest BCUT2D eigenvalue weighted by Gasteiger charge is 2.29. The molecule has 10 heteroatoms. The molecule has 1 aromatic heterocycles. The van der Waals surface area contributed by atoms with E-state index in [4.69, 9.17) is 14.3 Å². The van der Waals surface area contributed by atoms with E-state index < -0.39 is 11.7 Å². The van der Waals surface area contributed by atoms with Gasteiger partial charge in [0.05, 0.1) is 11.3 Å². The van der Waals surface area contributed by atoms with Crippen LogP contribution >= 0.6 is 0 Å². The molecule has 37 heavy (non-hydrogen) atoms. The number of alkyl halides is 3. The van der Waals surface area contributed by atoms with Crippen LogP contribution in [0.1, 0.15) is 36.5 Å². The van der Waals surface area contributed by atoms with Crippen LogP contribution in [0.25, 0.3) is 10.9 Å². The Morgan fingerprint density at radius 1 is 1.14 bits per heavy atom. The van der Waals surface area contributed by atoms with Crippen LogP contribution < -0.4 is 10.1 Å². The summed E-state index contributed by atoms with van der Waals surface area (Å²) in [5.74, 6) is 0.691. The van der Waals surface area contributed by atoms with E-state index in [0.717, 1.165) is 49.1 Å². The molecule has 0 spiro atoms. The number of benzene rings is 2. The van der Waals surface area contributed by atoms with Gasteiger partial charge in [-0.1, -0.05) is 23.4 Å². The zero-order chi connectivity index (χ0) is 26.3. The zero-order valence-electron chi connectivity index (χ0n) is 20.4. The monoisotopic (exact) mass is 515 g/mol. The Morgan fingerprint density at radius 3 is 2.62 bits per heavy atom. The van der Waals surface area contributed by atoms with E-state index in [1.807, 2.05) is 6.07 Å². The average molecular weight is 516 g/mol. The van der Waals surface area contributed by atoms with Gasteiger partial charge < -0.3 is 19.6 Å². The fourth-order valence-electron chi connectivity index (χ4n) is 4.02. The van der Waals surface area contributed by atoms with Crippen LogP contribution in [0.4, 0.5) is 13.2 Å². The topological polar surface area (TPSA) is 82.0 Å². The van der Waals surface area contributed by atoms with Crippen LogP contribution in [0.15, 0.2) is 59.9 Å². The van der Waals surface area contributed by atoms with Gasteiger partial charge in [0.15, 0.2) is 6.61 Å². The van der Waals surface area contributed by atoms with E-state index in [9.17, 15) is 18.0 Å². The lowest BCUT2D eigenvalue weighted by molar-refractivity contribution is -0.137. The van der Waals surface area contributed by atoms with Crippen molar-refractivity contribution in [2.24, 2.45) is 11.1 Å². The number of amides is 1. The molecular formula is C27H28F3N3O4. The zero-order valence-corrected chi connectivity index (χ0v) is 20.4. The van der Waals surface area contributed by atoms with Crippen LogP contribution in [0, 0.1) is 5.92 Å². The van der Waals surface area contributed by atoms with Crippen molar-refractivity contribution in [2.45, 2.75) is 32.5 Å². The number of fused-ring (bicyclic) bond motifs is 1. The maximum absolute atomic E-state index is 12.7. The van der Waals surface area contributed by atoms with Crippen molar-refractivity contribution in [3.63, 3.8) is 0 Å². The molecule has 0 bridgehead atoms. The first-order valence-electron chi connectivity index (χ1n) is 12.0. The molecule has 0 unspecified atom stereocenters. The molecule has 1 aliphatic heterocycles. The Kier molecular flexibility index (Phi) is 8.60. The standard InChI is InChI=1S/C27H28F3N3O4/c1-18(33-37-16-20-4-6-21(7-5-20)27(28,29)30)22-8-9-24(26-23(22)3-2-12-31-26)36-17-25(34)32-15-19-10-13-35-14-11-19/h2-9,12,19H,10-11,13-17H2,1H3,(H,32,34)/b33-18+. The van der Waals surface area contributed by atoms with Gasteiger partial charge in [0.25, 0.3) is 5.91 Å². The van der Waals surface area contributed by atoms with Gasteiger partial charge in [-0.15, -0.1) is 0 Å². The highest BCUT2D eigenvalue weighted by atomic mass is 19.4. The molecule has 1 amide bonds. The van der Waals surface area contributed by atoms with Crippen molar-refractivity contribution in [2.75, 3.05) is 26.4 Å². The molecule has 1 saturated heterocycles. The quantitative estimate of drug-likeness (QED) is 0.316. The summed E-state index contributed by atoms with van der Waals surface area (Å²) < 4.78 is 49.3. The van der Waals surface area contributed by atoms with Crippen LogP contribution in [0.2, 0.25) is 0 Å². The smallest absolute Gasteiger partial charge is 0.416 e. The minimum Gasteiger partial charge on any atom is -0.481 e. The van der Waals surface area contributed by atoms with E-state index in [-0.39, 0.29) is 19.1 Å². The summed E-state index contributed by atoms with van der Waals surface area (Å²) in [7, 11) is 0. The molecule has 0 aliphatic carbocycles. The molecule has 1 N–H and O–H groups in total. The van der Waals surface area contributed by atoms with E-state index in [1.165, 1.54) is 12.1 Å². The number of rotatable bonds is 9. The fraction of sp³-hybridized carbons (Fsp3) is 0.370. The Bertz CT molecular complexity index is 1240. The van der Waals surface area contributed by atoms with Crippen LogP contribution in [-0.2, 0) is 27.2 Å². The minimum absolute atomic E-state index is 0.0237. The van der Waals surface area contributed by atoms with Gasteiger partial charge in [-0.3, -0.25) is 9.78 Å². The van der Waals surface area contributed by atoms with Crippen molar-refractivity contribution in [3.8, 4) is 5.75 Å². The predicted octanol–water partition coefficient (Wildman–Crippen LogP) is 5.12. The molecule has 2 heterocycles. The third-order valence-corrected chi connectivity index (χ3v) is 6.12. The van der Waals surface area contributed by atoms with Gasteiger partial charge in [-0.25, -0.2) is 0 Å². The summed E-state index contributed by atoms with van der Waals surface area (Å²) in [5.41, 5.74) is 1.75. The lowest BCUT2D eigenvalue weighted by Crippen LogP contribution is -2.35. The number of hydrogen-bond acceptors (Lipinski definition) is 6. The Balaban J connectivity index is 1.37. The largest absolute Gasteiger partial charge is 0.481 e. The number of nitrogens with one attached hydrogen (secondary N) is 1. The Morgan fingerprint density at radius 2 is 1.89 bits per heavy atom. The number of pyridine rings is 1. The molecule has 2 aromatic carbocycles. The summed E-state index contributed by atoms with van der Waals surface area (Å²) >= 11 is 0. The number of carbonyl (C=O) groups is 1. The number of ether oxygens (including phenoxy) is 2. The highest BCUT2D eigenvalue weighted by Crippen LogP contribution is 2.29. The molecule has 0 saturated carbocycles. The number of halogens is 3. The third kappa shape index (κ3) is 7.19.